The van der Waals surface area contributed by atoms with Crippen LogP contribution in [-0.4, -0.2) is 56.5 Å². The van der Waals surface area contributed by atoms with Crippen molar-refractivity contribution in [1.29, 1.82) is 0 Å². The SMILES string of the molecule is Cc1cc2nc(C)c(CCC(=O)N3CCN(c4ccc(Cl)cc4[N+](=O)[O-])CC3)c(C)n2n1. The molecule has 9 nitrogen and oxygen atoms in total. The van der Waals surface area contributed by atoms with Gasteiger partial charge in [-0.15, -0.1) is 0 Å². The number of carbonyl (C=O) groups excluding carboxylic acids is 1. The summed E-state index contributed by atoms with van der Waals surface area (Å²) in [5.74, 6) is 0.0748. The van der Waals surface area contributed by atoms with Crippen molar-refractivity contribution < 1.29 is 9.72 Å². The van der Waals surface area contributed by atoms with Crippen LogP contribution in [0.1, 0.15) is 29.1 Å². The van der Waals surface area contributed by atoms with E-state index in [2.05, 4.69) is 10.1 Å². The van der Waals surface area contributed by atoms with E-state index in [1.54, 1.807) is 12.1 Å². The lowest BCUT2D eigenvalue weighted by Gasteiger charge is -2.36. The van der Waals surface area contributed by atoms with Crippen molar-refractivity contribution >= 4 is 34.5 Å². The van der Waals surface area contributed by atoms with Gasteiger partial charge >= 0.3 is 0 Å². The lowest BCUT2D eigenvalue weighted by atomic mass is 10.1. The van der Waals surface area contributed by atoms with Gasteiger partial charge in [-0.05, 0) is 44.9 Å². The van der Waals surface area contributed by atoms with Crippen LogP contribution in [0, 0.1) is 30.9 Å². The Labute approximate surface area is 190 Å². The molecule has 2 aromatic heterocycles. The molecule has 0 bridgehead atoms. The molecule has 0 spiro atoms. The van der Waals surface area contributed by atoms with Gasteiger partial charge in [-0.3, -0.25) is 14.9 Å². The number of amides is 1. The molecule has 3 heterocycles. The smallest absolute Gasteiger partial charge is 0.294 e. The van der Waals surface area contributed by atoms with E-state index in [-0.39, 0.29) is 11.6 Å². The summed E-state index contributed by atoms with van der Waals surface area (Å²) >= 11 is 5.92. The number of nitro groups is 1. The quantitative estimate of drug-likeness (QED) is 0.430. The molecule has 10 heteroatoms. The highest BCUT2D eigenvalue weighted by Crippen LogP contribution is 2.31. The Balaban J connectivity index is 1.40. The first kappa shape index (κ1) is 22.0. The van der Waals surface area contributed by atoms with E-state index < -0.39 is 4.92 Å². The van der Waals surface area contributed by atoms with E-state index in [1.807, 2.05) is 41.2 Å². The Hall–Kier alpha value is -3.20. The second-order valence-corrected chi connectivity index (χ2v) is 8.51. The summed E-state index contributed by atoms with van der Waals surface area (Å²) in [6, 6.07) is 6.63. The normalized spacial score (nSPS) is 14.2. The summed E-state index contributed by atoms with van der Waals surface area (Å²) in [7, 11) is 0. The number of carbonyl (C=O) groups is 1. The van der Waals surface area contributed by atoms with Gasteiger partial charge in [0.15, 0.2) is 5.65 Å². The molecule has 3 aromatic rings. The third-order valence-corrected chi connectivity index (χ3v) is 6.22. The molecule has 1 aliphatic rings. The number of nitro benzene ring substituents is 1. The maximum absolute atomic E-state index is 12.9. The third kappa shape index (κ3) is 4.25. The zero-order valence-corrected chi connectivity index (χ0v) is 19.1. The van der Waals surface area contributed by atoms with Gasteiger partial charge in [-0.2, -0.15) is 5.10 Å². The molecule has 1 aromatic carbocycles. The number of hydrogen-bond acceptors (Lipinski definition) is 6. The number of piperazine rings is 1. The van der Waals surface area contributed by atoms with Crippen molar-refractivity contribution in [2.24, 2.45) is 0 Å². The molecule has 1 amide bonds. The fourth-order valence-corrected chi connectivity index (χ4v) is 4.47. The Kier molecular flexibility index (Phi) is 6.01. The van der Waals surface area contributed by atoms with Crippen LogP contribution in [0.15, 0.2) is 24.3 Å². The largest absolute Gasteiger partial charge is 0.362 e. The predicted molar refractivity (Wildman–Crippen MR) is 122 cm³/mol. The zero-order valence-electron chi connectivity index (χ0n) is 18.3. The van der Waals surface area contributed by atoms with Crippen LogP contribution in [-0.2, 0) is 11.2 Å². The van der Waals surface area contributed by atoms with Gasteiger partial charge in [0, 0.05) is 61.1 Å². The first-order valence-electron chi connectivity index (χ1n) is 10.5. The lowest BCUT2D eigenvalue weighted by Crippen LogP contribution is -2.49. The van der Waals surface area contributed by atoms with Crippen LogP contribution < -0.4 is 4.90 Å². The highest BCUT2D eigenvalue weighted by Gasteiger charge is 2.26. The van der Waals surface area contributed by atoms with Crippen LogP contribution in [0.2, 0.25) is 5.02 Å². The van der Waals surface area contributed by atoms with Crippen LogP contribution in [0.5, 0.6) is 0 Å². The highest BCUT2D eigenvalue weighted by atomic mass is 35.5. The van der Waals surface area contributed by atoms with E-state index in [9.17, 15) is 14.9 Å². The van der Waals surface area contributed by atoms with E-state index >= 15 is 0 Å². The first-order chi connectivity index (χ1) is 15.2. The summed E-state index contributed by atoms with van der Waals surface area (Å²) in [4.78, 5) is 32.2. The maximum Gasteiger partial charge on any atom is 0.294 e. The molecule has 1 saturated heterocycles. The fraction of sp³-hybridized carbons (Fsp3) is 0.409. The number of aromatic nitrogens is 3. The molecule has 1 aliphatic heterocycles. The topological polar surface area (TPSA) is 96.9 Å². The highest BCUT2D eigenvalue weighted by molar-refractivity contribution is 6.30. The van der Waals surface area contributed by atoms with Gasteiger partial charge in [0.1, 0.15) is 5.69 Å². The van der Waals surface area contributed by atoms with Crippen molar-refractivity contribution in [3.63, 3.8) is 0 Å². The molecule has 0 N–H and O–H groups in total. The second-order valence-electron chi connectivity index (χ2n) is 8.07. The zero-order chi connectivity index (χ0) is 23.0. The van der Waals surface area contributed by atoms with Gasteiger partial charge < -0.3 is 9.80 Å². The number of aryl methyl sites for hydroxylation is 3. The standard InChI is InChI=1S/C22H25ClN6O3/c1-14-12-21-24-15(2)18(16(3)28(21)25-14)5-7-22(30)27-10-8-26(9-11-27)19-6-4-17(23)13-20(19)29(31)32/h4,6,12-13H,5,7-11H2,1-3H3. The molecular weight excluding hydrogens is 432 g/mol. The number of nitrogens with zero attached hydrogens (tertiary/aromatic N) is 6. The van der Waals surface area contributed by atoms with E-state index in [4.69, 9.17) is 11.6 Å². The van der Waals surface area contributed by atoms with Crippen LogP contribution in [0.25, 0.3) is 5.65 Å². The lowest BCUT2D eigenvalue weighted by molar-refractivity contribution is -0.384. The van der Waals surface area contributed by atoms with E-state index in [0.29, 0.717) is 49.7 Å². The Morgan fingerprint density at radius 3 is 2.56 bits per heavy atom. The molecule has 1 fully saturated rings. The summed E-state index contributed by atoms with van der Waals surface area (Å²) in [6.45, 7) is 8.01. The molecule has 0 radical (unpaired) electrons. The first-order valence-corrected chi connectivity index (χ1v) is 10.9. The van der Waals surface area contributed by atoms with Gasteiger partial charge in [0.25, 0.3) is 5.69 Å². The van der Waals surface area contributed by atoms with Gasteiger partial charge in [0.05, 0.1) is 10.6 Å². The molecule has 0 saturated carbocycles. The number of rotatable bonds is 5. The molecule has 0 unspecified atom stereocenters. The number of benzene rings is 1. The molecule has 168 valence electrons. The molecular formula is C22H25ClN6O3. The maximum atomic E-state index is 12.9. The van der Waals surface area contributed by atoms with Crippen LogP contribution in [0.4, 0.5) is 11.4 Å². The van der Waals surface area contributed by atoms with Gasteiger partial charge in [-0.25, -0.2) is 9.50 Å². The summed E-state index contributed by atoms with van der Waals surface area (Å²) < 4.78 is 1.83. The average Bonchev–Trinajstić information content (AvgIpc) is 3.13. The minimum atomic E-state index is -0.421. The van der Waals surface area contributed by atoms with Crippen molar-refractivity contribution in [2.75, 3.05) is 31.1 Å². The van der Waals surface area contributed by atoms with Crippen LogP contribution in [0.3, 0.4) is 0 Å². The monoisotopic (exact) mass is 456 g/mol. The number of hydrogen-bond donors (Lipinski definition) is 0. The van der Waals surface area contributed by atoms with E-state index in [1.165, 1.54) is 6.07 Å². The minimum absolute atomic E-state index is 0.0139. The van der Waals surface area contributed by atoms with E-state index in [0.717, 1.165) is 28.3 Å². The number of halogens is 1. The van der Waals surface area contributed by atoms with Crippen molar-refractivity contribution in [3.8, 4) is 0 Å². The minimum Gasteiger partial charge on any atom is -0.362 e. The summed E-state index contributed by atoms with van der Waals surface area (Å²) in [5, 5.41) is 16.2. The summed E-state index contributed by atoms with van der Waals surface area (Å²) in [6.07, 6.45) is 0.984. The molecule has 0 atom stereocenters. The van der Waals surface area contributed by atoms with Crippen LogP contribution >= 0.6 is 11.6 Å². The average molecular weight is 457 g/mol. The Morgan fingerprint density at radius 2 is 1.88 bits per heavy atom. The van der Waals surface area contributed by atoms with Gasteiger partial charge in [-0.1, -0.05) is 11.6 Å². The summed E-state index contributed by atoms with van der Waals surface area (Å²) in [5.41, 5.74) is 5.22. The van der Waals surface area contributed by atoms with Crippen molar-refractivity contribution in [2.45, 2.75) is 33.6 Å². The molecule has 32 heavy (non-hydrogen) atoms. The number of fused-ring (bicyclic) bond motifs is 1. The molecule has 0 aliphatic carbocycles. The van der Waals surface area contributed by atoms with Crippen molar-refractivity contribution in [3.05, 3.63) is 62.0 Å². The van der Waals surface area contributed by atoms with Gasteiger partial charge in [0.2, 0.25) is 5.91 Å². The predicted octanol–water partition coefficient (Wildman–Crippen LogP) is 3.50. The second kappa shape index (κ2) is 8.74. The Morgan fingerprint density at radius 1 is 1.16 bits per heavy atom. The fourth-order valence-electron chi connectivity index (χ4n) is 4.30. The van der Waals surface area contributed by atoms with Crippen molar-refractivity contribution in [1.82, 2.24) is 19.5 Å². The third-order valence-electron chi connectivity index (χ3n) is 5.98. The Bertz CT molecular complexity index is 1200. The number of anilines is 1. The molecule has 4 rings (SSSR count).